The molecule has 1 N–H and O–H groups in total. The minimum atomic E-state index is -0.591. The predicted octanol–water partition coefficient (Wildman–Crippen LogP) is 4.63. The maximum absolute atomic E-state index is 13.2. The van der Waals surface area contributed by atoms with Crippen molar-refractivity contribution >= 4 is 35.2 Å². The first-order chi connectivity index (χ1) is 15.0. The fourth-order valence-electron chi connectivity index (χ4n) is 4.50. The highest BCUT2D eigenvalue weighted by Crippen LogP contribution is 2.35. The molecule has 2 heterocycles. The van der Waals surface area contributed by atoms with Crippen LogP contribution in [0.5, 0.6) is 5.75 Å². The number of hydrogen-bond acceptors (Lipinski definition) is 5. The average molecular weight is 480 g/mol. The van der Waals surface area contributed by atoms with E-state index in [0.717, 1.165) is 24.1 Å². The Morgan fingerprint density at radius 3 is 2.59 bits per heavy atom. The van der Waals surface area contributed by atoms with Crippen molar-refractivity contribution in [3.63, 3.8) is 0 Å². The Balaban J connectivity index is 1.43. The molecule has 0 spiro atoms. The van der Waals surface area contributed by atoms with Gasteiger partial charge in [-0.2, -0.15) is 9.78 Å². The molecule has 2 aromatic rings. The highest BCUT2D eigenvalue weighted by molar-refractivity contribution is 6.36. The molecule has 7 nitrogen and oxygen atoms in total. The molecule has 0 bridgehead atoms. The number of aromatic nitrogens is 2. The minimum Gasteiger partial charge on any atom is -0.508 e. The van der Waals surface area contributed by atoms with Crippen LogP contribution in [0.15, 0.2) is 18.3 Å². The fraction of sp³-hybridized carbons (Fsp3) is 0.522. The molecular weight excluding hydrogens is 453 g/mol. The quantitative estimate of drug-likeness (QED) is 0.693. The lowest BCUT2D eigenvalue weighted by molar-refractivity contribution is -0.133. The van der Waals surface area contributed by atoms with Crippen molar-refractivity contribution in [1.29, 1.82) is 0 Å². The molecule has 2 aliphatic rings. The van der Waals surface area contributed by atoms with E-state index in [1.54, 1.807) is 6.20 Å². The first kappa shape index (κ1) is 22.9. The number of aryl methyl sites for hydroxylation is 1. The molecule has 0 saturated carbocycles. The Morgan fingerprint density at radius 1 is 1.25 bits per heavy atom. The zero-order valence-electron chi connectivity index (χ0n) is 18.4. The normalized spacial score (nSPS) is 21.0. The van der Waals surface area contributed by atoms with Crippen LogP contribution in [0.2, 0.25) is 10.0 Å². The van der Waals surface area contributed by atoms with Gasteiger partial charge in [0.15, 0.2) is 0 Å². The van der Waals surface area contributed by atoms with Crippen LogP contribution in [-0.4, -0.2) is 50.0 Å². The Hall–Kier alpha value is -2.25. The largest absolute Gasteiger partial charge is 0.508 e. The highest BCUT2D eigenvalue weighted by atomic mass is 35.5. The molecule has 0 radical (unpaired) electrons. The van der Waals surface area contributed by atoms with Crippen LogP contribution in [0, 0.1) is 5.92 Å². The van der Waals surface area contributed by atoms with Crippen molar-refractivity contribution in [1.82, 2.24) is 14.7 Å². The lowest BCUT2D eigenvalue weighted by atomic mass is 9.92. The molecule has 4 rings (SSSR count). The summed E-state index contributed by atoms with van der Waals surface area (Å²) in [6, 6.07) is 2.97. The predicted molar refractivity (Wildman–Crippen MR) is 121 cm³/mol. The van der Waals surface area contributed by atoms with Crippen LogP contribution >= 0.6 is 23.2 Å². The number of rotatable bonds is 3. The van der Waals surface area contributed by atoms with Gasteiger partial charge < -0.3 is 14.7 Å². The van der Waals surface area contributed by atoms with Crippen LogP contribution in [0.1, 0.15) is 50.4 Å². The van der Waals surface area contributed by atoms with Crippen molar-refractivity contribution in [2.45, 2.75) is 64.5 Å². The van der Waals surface area contributed by atoms with Crippen molar-refractivity contribution in [3.05, 3.63) is 45.2 Å². The molecule has 1 amide bonds. The number of amides is 1. The van der Waals surface area contributed by atoms with Gasteiger partial charge in [-0.05, 0) is 76.1 Å². The van der Waals surface area contributed by atoms with Gasteiger partial charge in [0.2, 0.25) is 5.91 Å². The van der Waals surface area contributed by atoms with Gasteiger partial charge in [0.25, 0.3) is 0 Å². The summed E-state index contributed by atoms with van der Waals surface area (Å²) in [6.07, 6.45) is 4.58. The van der Waals surface area contributed by atoms with Gasteiger partial charge in [-0.3, -0.25) is 4.79 Å². The van der Waals surface area contributed by atoms with Crippen molar-refractivity contribution in [3.8, 4) is 5.75 Å². The number of nitrogens with zero attached hydrogens (tertiary/aromatic N) is 3. The van der Waals surface area contributed by atoms with Gasteiger partial charge in [-0.15, -0.1) is 0 Å². The molecule has 1 aliphatic heterocycles. The molecule has 1 fully saturated rings. The summed E-state index contributed by atoms with van der Waals surface area (Å²) in [7, 11) is 0. The first-order valence-corrected chi connectivity index (χ1v) is 11.6. The van der Waals surface area contributed by atoms with Gasteiger partial charge in [0.1, 0.15) is 11.4 Å². The maximum Gasteiger partial charge on any atom is 0.435 e. The molecule has 1 aromatic carbocycles. The molecule has 32 heavy (non-hydrogen) atoms. The number of phenolic OH excluding ortho intramolecular Hbond substituents is 1. The van der Waals surface area contributed by atoms with Gasteiger partial charge in [-0.1, -0.05) is 23.2 Å². The summed E-state index contributed by atoms with van der Waals surface area (Å²) in [5.41, 5.74) is 1.97. The summed E-state index contributed by atoms with van der Waals surface area (Å²) >= 11 is 12.5. The SMILES string of the molecule is CC(C)(C)OC(=O)n1cc2c(n1)CC[C@H](N1CCC(Cc3c(Cl)cc(O)cc3Cl)C1=O)C2. The lowest BCUT2D eigenvalue weighted by Crippen LogP contribution is -2.41. The number of benzene rings is 1. The Kier molecular flexibility index (Phi) is 6.16. The second kappa shape index (κ2) is 8.60. The summed E-state index contributed by atoms with van der Waals surface area (Å²) in [5.74, 6) is -0.0910. The molecular formula is C23H27Cl2N3O4. The van der Waals surface area contributed by atoms with Gasteiger partial charge >= 0.3 is 6.09 Å². The number of ether oxygens (including phenoxy) is 1. The zero-order chi connectivity index (χ0) is 23.2. The Labute approximate surface area is 197 Å². The molecule has 2 atom stereocenters. The number of carbonyl (C=O) groups excluding carboxylic acids is 2. The molecule has 1 saturated heterocycles. The summed E-state index contributed by atoms with van der Waals surface area (Å²) in [6.45, 7) is 6.13. The van der Waals surface area contributed by atoms with E-state index in [1.807, 2.05) is 25.7 Å². The zero-order valence-corrected chi connectivity index (χ0v) is 19.9. The number of hydrogen-bond donors (Lipinski definition) is 1. The number of carbonyl (C=O) groups is 2. The highest BCUT2D eigenvalue weighted by Gasteiger charge is 2.38. The average Bonchev–Trinajstić information content (AvgIpc) is 3.26. The number of likely N-dealkylation sites (tertiary alicyclic amines) is 1. The smallest absolute Gasteiger partial charge is 0.435 e. The molecule has 172 valence electrons. The number of fused-ring (bicyclic) bond motifs is 1. The first-order valence-electron chi connectivity index (χ1n) is 10.8. The van der Waals surface area contributed by atoms with Crippen LogP contribution in [-0.2, 0) is 28.8 Å². The van der Waals surface area contributed by atoms with Crippen molar-refractivity contribution < 1.29 is 19.4 Å². The van der Waals surface area contributed by atoms with Crippen LogP contribution in [0.25, 0.3) is 0 Å². The minimum absolute atomic E-state index is 0.00747. The number of halogens is 2. The van der Waals surface area contributed by atoms with Gasteiger partial charge in [0, 0.05) is 34.7 Å². The monoisotopic (exact) mass is 479 g/mol. The van der Waals surface area contributed by atoms with Crippen molar-refractivity contribution in [2.75, 3.05) is 6.54 Å². The topological polar surface area (TPSA) is 84.7 Å². The van der Waals surface area contributed by atoms with E-state index in [1.165, 1.54) is 16.8 Å². The van der Waals surface area contributed by atoms with E-state index in [2.05, 4.69) is 5.10 Å². The third kappa shape index (κ3) is 4.74. The van der Waals surface area contributed by atoms with E-state index in [4.69, 9.17) is 27.9 Å². The maximum atomic E-state index is 13.2. The fourth-order valence-corrected chi connectivity index (χ4v) is 5.13. The Bertz CT molecular complexity index is 1040. The van der Waals surface area contributed by atoms with Crippen LogP contribution in [0.4, 0.5) is 4.79 Å². The molecule has 9 heteroatoms. The number of phenols is 1. The lowest BCUT2D eigenvalue weighted by Gasteiger charge is -2.31. The molecule has 1 unspecified atom stereocenters. The van der Waals surface area contributed by atoms with E-state index < -0.39 is 11.7 Å². The summed E-state index contributed by atoms with van der Waals surface area (Å²) in [4.78, 5) is 27.5. The van der Waals surface area contributed by atoms with Gasteiger partial charge in [-0.25, -0.2) is 4.79 Å². The second-order valence-corrected chi connectivity index (χ2v) is 10.3. The third-order valence-electron chi connectivity index (χ3n) is 6.00. The molecule has 1 aromatic heterocycles. The summed E-state index contributed by atoms with van der Waals surface area (Å²) < 4.78 is 6.67. The second-order valence-electron chi connectivity index (χ2n) is 9.53. The summed E-state index contributed by atoms with van der Waals surface area (Å²) in [5, 5.41) is 14.8. The Morgan fingerprint density at radius 2 is 1.94 bits per heavy atom. The van der Waals surface area contributed by atoms with Gasteiger partial charge in [0.05, 0.1) is 5.69 Å². The third-order valence-corrected chi connectivity index (χ3v) is 6.67. The van der Waals surface area contributed by atoms with E-state index in [9.17, 15) is 14.7 Å². The van der Waals surface area contributed by atoms with E-state index in [0.29, 0.717) is 41.4 Å². The van der Waals surface area contributed by atoms with Crippen LogP contribution < -0.4 is 0 Å². The van der Waals surface area contributed by atoms with Crippen molar-refractivity contribution in [2.24, 2.45) is 5.92 Å². The van der Waals surface area contributed by atoms with E-state index >= 15 is 0 Å². The van der Waals surface area contributed by atoms with Crippen LogP contribution in [0.3, 0.4) is 0 Å². The molecule has 1 aliphatic carbocycles. The standard InChI is InChI=1S/C23H27Cl2N3O4/c1-23(2,3)32-22(31)28-12-14-8-15(4-5-20(14)26-28)27-7-6-13(21(27)30)9-17-18(24)10-16(29)11-19(17)25/h10-13,15,29H,4-9H2,1-3H3/t13?,15-/m0/s1. The number of aromatic hydroxyl groups is 1. The van der Waals surface area contributed by atoms with E-state index in [-0.39, 0.29) is 23.6 Å².